The second kappa shape index (κ2) is 6.57. The Balaban J connectivity index is 1.45. The summed E-state index contributed by atoms with van der Waals surface area (Å²) in [6, 6.07) is 0. The number of hydrogen-bond donors (Lipinski definition) is 0. The Hall–Kier alpha value is -1.38. The third kappa shape index (κ3) is 2.60. The highest BCUT2D eigenvalue weighted by Crippen LogP contribution is 2.66. The summed E-state index contributed by atoms with van der Waals surface area (Å²) in [7, 11) is 0. The van der Waals surface area contributed by atoms with Gasteiger partial charge in [-0.1, -0.05) is 26.7 Å². The Kier molecular flexibility index (Phi) is 4.37. The van der Waals surface area contributed by atoms with Crippen LogP contribution in [0.4, 0.5) is 0 Å². The Bertz CT molecular complexity index is 807. The van der Waals surface area contributed by atoms with Gasteiger partial charge in [-0.15, -0.1) is 0 Å². The molecule has 0 aliphatic heterocycles. The van der Waals surface area contributed by atoms with Crippen molar-refractivity contribution < 1.29 is 4.79 Å². The van der Waals surface area contributed by atoms with E-state index in [1.54, 1.807) is 0 Å². The van der Waals surface area contributed by atoms with Crippen molar-refractivity contribution in [2.75, 3.05) is 0 Å². The number of aromatic nitrogens is 2. The van der Waals surface area contributed by atoms with Gasteiger partial charge in [-0.3, -0.25) is 9.48 Å². The molecule has 3 nitrogen and oxygen atoms in total. The first kappa shape index (κ1) is 18.6. The van der Waals surface area contributed by atoms with Crippen molar-refractivity contribution in [1.29, 1.82) is 0 Å². The van der Waals surface area contributed by atoms with E-state index in [4.69, 9.17) is 0 Å². The van der Waals surface area contributed by atoms with Crippen LogP contribution in [-0.2, 0) is 11.3 Å². The minimum absolute atomic E-state index is 0.119. The van der Waals surface area contributed by atoms with Crippen LogP contribution in [0.1, 0.15) is 84.1 Å². The quantitative estimate of drug-likeness (QED) is 0.599. The molecule has 4 aliphatic carbocycles. The van der Waals surface area contributed by atoms with Gasteiger partial charge in [0.1, 0.15) is 0 Å². The molecule has 5 rings (SSSR count). The third-order valence-corrected chi connectivity index (χ3v) is 9.54. The molecule has 6 atom stereocenters. The van der Waals surface area contributed by atoms with E-state index in [9.17, 15) is 4.79 Å². The lowest BCUT2D eigenvalue weighted by molar-refractivity contribution is -0.137. The fourth-order valence-corrected chi connectivity index (χ4v) is 7.92. The monoisotopic (exact) mass is 380 g/mol. The molecule has 4 aliphatic rings. The molecule has 28 heavy (non-hydrogen) atoms. The van der Waals surface area contributed by atoms with E-state index in [0.717, 1.165) is 48.3 Å². The summed E-state index contributed by atoms with van der Waals surface area (Å²) in [4.78, 5) is 13.5. The molecule has 0 N–H and O–H groups in total. The molecule has 1 aromatic heterocycles. The number of carbonyl (C=O) groups excluding carboxylic acids is 1. The highest BCUT2D eigenvalue weighted by atomic mass is 16.1. The van der Waals surface area contributed by atoms with Crippen LogP contribution < -0.4 is 0 Å². The summed E-state index contributed by atoms with van der Waals surface area (Å²) in [5, 5.41) is 4.39. The molecule has 0 saturated heterocycles. The summed E-state index contributed by atoms with van der Waals surface area (Å²) in [5.41, 5.74) is 2.58. The van der Waals surface area contributed by atoms with Gasteiger partial charge in [0, 0.05) is 23.7 Å². The molecule has 0 aromatic carbocycles. The van der Waals surface area contributed by atoms with Crippen molar-refractivity contribution in [2.24, 2.45) is 34.5 Å². The van der Waals surface area contributed by atoms with Crippen LogP contribution in [0.2, 0.25) is 0 Å². The molecule has 0 unspecified atom stereocenters. The second-order valence-electron chi connectivity index (χ2n) is 10.7. The molecule has 1 heterocycles. The first-order chi connectivity index (χ1) is 13.5. The Labute approximate surface area is 170 Å². The predicted octanol–water partition coefficient (Wildman–Crippen LogP) is 5.90. The van der Waals surface area contributed by atoms with Crippen molar-refractivity contribution >= 4 is 11.9 Å². The summed E-state index contributed by atoms with van der Waals surface area (Å²) in [6.45, 7) is 7.88. The number of hydrogen-bond acceptors (Lipinski definition) is 2. The van der Waals surface area contributed by atoms with Crippen LogP contribution >= 0.6 is 0 Å². The van der Waals surface area contributed by atoms with Crippen LogP contribution in [0.15, 0.2) is 18.0 Å². The number of Topliss-reactive ketones (excluding diaryl/α,β-unsaturated/α-hetero) is 1. The van der Waals surface area contributed by atoms with Gasteiger partial charge < -0.3 is 0 Å². The normalized spacial score (nSPS) is 44.2. The van der Waals surface area contributed by atoms with Gasteiger partial charge in [0.05, 0.1) is 6.20 Å². The van der Waals surface area contributed by atoms with Crippen molar-refractivity contribution in [3.8, 4) is 0 Å². The zero-order chi connectivity index (χ0) is 19.5. The largest absolute Gasteiger partial charge is 0.294 e. The molecule has 4 fully saturated rings. The van der Waals surface area contributed by atoms with E-state index in [2.05, 4.69) is 38.1 Å². The number of aryl methyl sites for hydroxylation is 1. The molecule has 1 aromatic rings. The minimum atomic E-state index is -0.119. The molecule has 0 spiro atoms. The summed E-state index contributed by atoms with van der Waals surface area (Å²) >= 11 is 0. The van der Waals surface area contributed by atoms with Crippen molar-refractivity contribution in [1.82, 2.24) is 9.78 Å². The Morgan fingerprint density at radius 3 is 2.79 bits per heavy atom. The van der Waals surface area contributed by atoms with Gasteiger partial charge >= 0.3 is 0 Å². The van der Waals surface area contributed by atoms with Gasteiger partial charge in [-0.2, -0.15) is 5.10 Å². The Morgan fingerprint density at radius 1 is 1.14 bits per heavy atom. The zero-order valence-electron chi connectivity index (χ0n) is 17.9. The van der Waals surface area contributed by atoms with Crippen LogP contribution in [0, 0.1) is 34.5 Å². The number of carbonyl (C=O) groups is 1. The van der Waals surface area contributed by atoms with E-state index in [-0.39, 0.29) is 5.41 Å². The smallest absolute Gasteiger partial charge is 0.165 e. The van der Waals surface area contributed by atoms with Gasteiger partial charge in [0.15, 0.2) is 5.78 Å². The van der Waals surface area contributed by atoms with Crippen molar-refractivity contribution in [2.45, 2.75) is 85.1 Å². The maximum atomic E-state index is 13.5. The second-order valence-corrected chi connectivity index (χ2v) is 10.7. The lowest BCUT2D eigenvalue weighted by atomic mass is 9.45. The molecule has 0 amide bonds. The van der Waals surface area contributed by atoms with E-state index in [1.165, 1.54) is 44.9 Å². The van der Waals surface area contributed by atoms with Crippen LogP contribution in [-0.4, -0.2) is 15.6 Å². The molecular weight excluding hydrogens is 344 g/mol. The number of allylic oxidation sites excluding steroid dienone is 1. The highest BCUT2D eigenvalue weighted by molar-refractivity contribution is 6.05. The van der Waals surface area contributed by atoms with Gasteiger partial charge in [0.2, 0.25) is 0 Å². The maximum absolute atomic E-state index is 13.5. The van der Waals surface area contributed by atoms with E-state index >= 15 is 0 Å². The number of ketones is 1. The third-order valence-electron chi connectivity index (χ3n) is 9.54. The summed E-state index contributed by atoms with van der Waals surface area (Å²) in [6.07, 6.45) is 18.0. The van der Waals surface area contributed by atoms with Crippen molar-refractivity contribution in [3.05, 3.63) is 23.5 Å². The fraction of sp³-hybridized carbons (Fsp3) is 0.760. The van der Waals surface area contributed by atoms with Crippen molar-refractivity contribution in [3.63, 3.8) is 0 Å². The van der Waals surface area contributed by atoms with Crippen LogP contribution in [0.25, 0.3) is 6.08 Å². The number of rotatable bonds is 2. The van der Waals surface area contributed by atoms with E-state index in [0.29, 0.717) is 17.1 Å². The maximum Gasteiger partial charge on any atom is 0.165 e. The van der Waals surface area contributed by atoms with Gasteiger partial charge in [-0.05, 0) is 92.6 Å². The fourth-order valence-electron chi connectivity index (χ4n) is 7.92. The average molecular weight is 381 g/mol. The first-order valence-electron chi connectivity index (χ1n) is 11.7. The SMILES string of the molecule is CCn1cc(/C=C2/C[C@H]3[C@@H]4CC[C@@H]5CCCC[C@]5(C)[C@H]4CC[C@]3(C)C2=O)cn1. The lowest BCUT2D eigenvalue weighted by Gasteiger charge is -2.59. The van der Waals surface area contributed by atoms with Gasteiger partial charge in [0.25, 0.3) is 0 Å². The van der Waals surface area contributed by atoms with Crippen LogP contribution in [0.3, 0.4) is 0 Å². The lowest BCUT2D eigenvalue weighted by Crippen LogP contribution is -2.52. The minimum Gasteiger partial charge on any atom is -0.294 e. The van der Waals surface area contributed by atoms with Gasteiger partial charge in [-0.25, -0.2) is 0 Å². The van der Waals surface area contributed by atoms with E-state index in [1.807, 2.05) is 10.9 Å². The number of fused-ring (bicyclic) bond motifs is 5. The predicted molar refractivity (Wildman–Crippen MR) is 113 cm³/mol. The molecule has 4 saturated carbocycles. The van der Waals surface area contributed by atoms with E-state index < -0.39 is 0 Å². The highest BCUT2D eigenvalue weighted by Gasteiger charge is 2.60. The molecule has 3 heteroatoms. The first-order valence-corrected chi connectivity index (χ1v) is 11.7. The number of nitrogens with zero attached hydrogens (tertiary/aromatic N) is 2. The zero-order valence-corrected chi connectivity index (χ0v) is 17.9. The standard InChI is InChI=1S/C25H36N2O/c1-4-27-16-17(15-26-27)13-18-14-22-20-9-8-19-7-5-6-11-24(19,2)21(20)10-12-25(22,3)23(18)28/h13,15-16,19-22H,4-12,14H2,1-3H3/b18-13-/t19-,20+,21-,22-,24-,25-/m0/s1. The van der Waals surface area contributed by atoms with Crippen LogP contribution in [0.5, 0.6) is 0 Å². The molecule has 0 bridgehead atoms. The summed E-state index contributed by atoms with van der Waals surface area (Å²) in [5.74, 6) is 3.55. The molecule has 152 valence electrons. The molecular formula is C25H36N2O. The Morgan fingerprint density at radius 2 is 2.00 bits per heavy atom. The topological polar surface area (TPSA) is 34.9 Å². The molecule has 0 radical (unpaired) electrons. The average Bonchev–Trinajstić information content (AvgIpc) is 3.25. The summed E-state index contributed by atoms with van der Waals surface area (Å²) < 4.78 is 1.95.